The van der Waals surface area contributed by atoms with Gasteiger partial charge >= 0.3 is 0 Å². The minimum Gasteiger partial charge on any atom is -0.368 e. The van der Waals surface area contributed by atoms with E-state index in [9.17, 15) is 4.39 Å². The maximum atomic E-state index is 14.0. The lowest BCUT2D eigenvalue weighted by Crippen LogP contribution is -2.28. The minimum absolute atomic E-state index is 0.0878. The quantitative estimate of drug-likeness (QED) is 0.747. The molecule has 0 spiro atoms. The van der Waals surface area contributed by atoms with E-state index in [-0.39, 0.29) is 5.82 Å². The second kappa shape index (κ2) is 6.19. The molecule has 1 aliphatic rings. The van der Waals surface area contributed by atoms with E-state index in [1.807, 2.05) is 12.1 Å². The highest BCUT2D eigenvalue weighted by Crippen LogP contribution is 2.34. The number of nitrogens with one attached hydrogen (secondary N) is 1. The molecule has 1 N–H and O–H groups in total. The molecule has 18 heavy (non-hydrogen) atoms. The molecule has 2 rings (SSSR count). The lowest BCUT2D eigenvalue weighted by Gasteiger charge is -2.26. The molecule has 0 atom stereocenters. The number of hydrogen-bond acceptors (Lipinski definition) is 2. The van der Waals surface area contributed by atoms with Crippen LogP contribution in [0.15, 0.2) is 18.2 Å². The highest BCUT2D eigenvalue weighted by atomic mass is 19.1. The van der Waals surface area contributed by atoms with Crippen LogP contribution in [-0.2, 0) is 6.54 Å². The lowest BCUT2D eigenvalue weighted by atomic mass is 10.1. The molecular formula is C15H23FN2. The second-order valence-corrected chi connectivity index (χ2v) is 4.93. The molecule has 3 heteroatoms. The Bertz CT molecular complexity index is 388. The molecule has 0 aliphatic heterocycles. The summed E-state index contributed by atoms with van der Waals surface area (Å²) in [5, 5.41) is 3.30. The van der Waals surface area contributed by atoms with Crippen LogP contribution >= 0.6 is 0 Å². The van der Waals surface area contributed by atoms with Gasteiger partial charge in [-0.25, -0.2) is 4.39 Å². The molecule has 0 amide bonds. The van der Waals surface area contributed by atoms with Gasteiger partial charge in [-0.05, 0) is 44.9 Å². The third-order valence-electron chi connectivity index (χ3n) is 3.46. The van der Waals surface area contributed by atoms with Crippen LogP contribution in [0.4, 0.5) is 10.1 Å². The molecule has 1 saturated carbocycles. The molecule has 0 bridgehead atoms. The van der Waals surface area contributed by atoms with Gasteiger partial charge in [0.2, 0.25) is 0 Å². The van der Waals surface area contributed by atoms with Crippen LogP contribution in [-0.4, -0.2) is 19.1 Å². The monoisotopic (exact) mass is 250 g/mol. The molecule has 1 aromatic carbocycles. The van der Waals surface area contributed by atoms with E-state index < -0.39 is 0 Å². The Morgan fingerprint density at radius 2 is 2.11 bits per heavy atom. The fourth-order valence-corrected chi connectivity index (χ4v) is 2.39. The van der Waals surface area contributed by atoms with Gasteiger partial charge in [-0.3, -0.25) is 0 Å². The van der Waals surface area contributed by atoms with E-state index in [4.69, 9.17) is 0 Å². The molecule has 1 aromatic rings. The van der Waals surface area contributed by atoms with Crippen molar-refractivity contribution in [3.63, 3.8) is 0 Å². The molecule has 0 unspecified atom stereocenters. The highest BCUT2D eigenvalue weighted by Gasteiger charge is 2.29. The molecule has 2 nitrogen and oxygen atoms in total. The number of rotatable bonds is 7. The summed E-state index contributed by atoms with van der Waals surface area (Å²) < 4.78 is 14.0. The Hall–Kier alpha value is -1.09. The van der Waals surface area contributed by atoms with Gasteiger partial charge in [-0.2, -0.15) is 0 Å². The lowest BCUT2D eigenvalue weighted by molar-refractivity contribution is 0.584. The van der Waals surface area contributed by atoms with Crippen LogP contribution in [0.1, 0.15) is 38.7 Å². The van der Waals surface area contributed by atoms with Crippen molar-refractivity contribution < 1.29 is 4.39 Å². The summed E-state index contributed by atoms with van der Waals surface area (Å²) in [7, 11) is 0. The van der Waals surface area contributed by atoms with E-state index >= 15 is 0 Å². The molecule has 0 saturated heterocycles. The van der Waals surface area contributed by atoms with E-state index in [2.05, 4.69) is 24.1 Å². The molecule has 0 aromatic heterocycles. The predicted molar refractivity (Wildman–Crippen MR) is 74.4 cm³/mol. The van der Waals surface area contributed by atoms with Crippen molar-refractivity contribution in [2.45, 2.75) is 45.7 Å². The van der Waals surface area contributed by atoms with Crippen molar-refractivity contribution in [3.05, 3.63) is 29.6 Å². The second-order valence-electron chi connectivity index (χ2n) is 4.93. The van der Waals surface area contributed by atoms with Gasteiger partial charge in [0.05, 0.1) is 0 Å². The summed E-state index contributed by atoms with van der Waals surface area (Å²) >= 11 is 0. The predicted octanol–water partition coefficient (Wildman–Crippen LogP) is 3.31. The van der Waals surface area contributed by atoms with Gasteiger partial charge in [-0.1, -0.05) is 13.0 Å². The fourth-order valence-electron chi connectivity index (χ4n) is 2.39. The molecule has 0 heterocycles. The molecule has 1 aliphatic carbocycles. The van der Waals surface area contributed by atoms with Gasteiger partial charge in [0.1, 0.15) is 5.82 Å². The summed E-state index contributed by atoms with van der Waals surface area (Å²) in [5.74, 6) is -0.0878. The summed E-state index contributed by atoms with van der Waals surface area (Å²) in [5.41, 5.74) is 1.89. The van der Waals surface area contributed by atoms with Gasteiger partial charge in [-0.15, -0.1) is 0 Å². The number of nitrogens with zero attached hydrogens (tertiary/aromatic N) is 1. The Kier molecular flexibility index (Phi) is 4.59. The highest BCUT2D eigenvalue weighted by molar-refractivity contribution is 5.55. The average Bonchev–Trinajstić information content (AvgIpc) is 3.18. The zero-order valence-corrected chi connectivity index (χ0v) is 11.4. The van der Waals surface area contributed by atoms with Gasteiger partial charge in [0.25, 0.3) is 0 Å². The molecule has 0 radical (unpaired) electrons. The van der Waals surface area contributed by atoms with E-state index in [1.165, 1.54) is 12.8 Å². The first kappa shape index (κ1) is 13.3. The molecule has 1 fully saturated rings. The number of anilines is 1. The van der Waals surface area contributed by atoms with Crippen molar-refractivity contribution in [2.24, 2.45) is 0 Å². The third-order valence-corrected chi connectivity index (χ3v) is 3.46. The van der Waals surface area contributed by atoms with Crippen molar-refractivity contribution in [3.8, 4) is 0 Å². The van der Waals surface area contributed by atoms with E-state index in [0.29, 0.717) is 12.6 Å². The first-order valence-electron chi connectivity index (χ1n) is 7.02. The topological polar surface area (TPSA) is 15.3 Å². The van der Waals surface area contributed by atoms with Crippen LogP contribution in [0.2, 0.25) is 0 Å². The van der Waals surface area contributed by atoms with Crippen LogP contribution in [0, 0.1) is 5.82 Å². The average molecular weight is 250 g/mol. The first-order valence-corrected chi connectivity index (χ1v) is 7.02. The third kappa shape index (κ3) is 3.02. The standard InChI is InChI=1S/C15H23FN2/c1-3-10-17-11-13-14(16)6-5-7-15(13)18(4-2)12-8-9-12/h5-7,12,17H,3-4,8-11H2,1-2H3. The maximum Gasteiger partial charge on any atom is 0.129 e. The summed E-state index contributed by atoms with van der Waals surface area (Å²) in [6.07, 6.45) is 3.56. The number of hydrogen-bond donors (Lipinski definition) is 1. The Morgan fingerprint density at radius 3 is 2.72 bits per heavy atom. The van der Waals surface area contributed by atoms with Crippen molar-refractivity contribution in [1.82, 2.24) is 5.32 Å². The zero-order chi connectivity index (χ0) is 13.0. The van der Waals surface area contributed by atoms with E-state index in [0.717, 1.165) is 30.8 Å². The van der Waals surface area contributed by atoms with Gasteiger partial charge < -0.3 is 10.2 Å². The number of benzene rings is 1. The summed E-state index contributed by atoms with van der Waals surface area (Å²) in [4.78, 5) is 2.34. The Balaban J connectivity index is 2.19. The smallest absolute Gasteiger partial charge is 0.129 e. The fraction of sp³-hybridized carbons (Fsp3) is 0.600. The van der Waals surface area contributed by atoms with Crippen LogP contribution < -0.4 is 10.2 Å². The normalized spacial score (nSPS) is 14.8. The largest absolute Gasteiger partial charge is 0.368 e. The van der Waals surface area contributed by atoms with Gasteiger partial charge in [0.15, 0.2) is 0 Å². The van der Waals surface area contributed by atoms with Crippen LogP contribution in [0.25, 0.3) is 0 Å². The maximum absolute atomic E-state index is 14.0. The van der Waals surface area contributed by atoms with Crippen molar-refractivity contribution in [2.75, 3.05) is 18.0 Å². The Labute approximate surface area is 109 Å². The SMILES string of the molecule is CCCNCc1c(F)cccc1N(CC)C1CC1. The summed E-state index contributed by atoms with van der Waals surface area (Å²) in [6.45, 7) is 6.78. The summed E-state index contributed by atoms with van der Waals surface area (Å²) in [6, 6.07) is 6.06. The first-order chi connectivity index (χ1) is 8.77. The van der Waals surface area contributed by atoms with E-state index in [1.54, 1.807) is 6.07 Å². The number of halogens is 1. The van der Waals surface area contributed by atoms with Crippen LogP contribution in [0.5, 0.6) is 0 Å². The Morgan fingerprint density at radius 1 is 1.33 bits per heavy atom. The minimum atomic E-state index is -0.0878. The molecule has 100 valence electrons. The van der Waals surface area contributed by atoms with Crippen molar-refractivity contribution in [1.29, 1.82) is 0 Å². The molecular weight excluding hydrogens is 227 g/mol. The van der Waals surface area contributed by atoms with Gasteiger partial charge in [0, 0.05) is 30.4 Å². The zero-order valence-electron chi connectivity index (χ0n) is 11.4. The van der Waals surface area contributed by atoms with Crippen molar-refractivity contribution >= 4 is 5.69 Å². The van der Waals surface area contributed by atoms with Crippen LogP contribution in [0.3, 0.4) is 0 Å².